The molecule has 5 nitrogen and oxygen atoms in total. The minimum absolute atomic E-state index is 0.265. The molecule has 0 aliphatic carbocycles. The first-order valence-electron chi connectivity index (χ1n) is 5.12. The fourth-order valence-electron chi connectivity index (χ4n) is 1.21. The van der Waals surface area contributed by atoms with Crippen LogP contribution in [0.2, 0.25) is 0 Å². The summed E-state index contributed by atoms with van der Waals surface area (Å²) in [6.45, 7) is 1.75. The fourth-order valence-corrected chi connectivity index (χ4v) is 1.21. The van der Waals surface area contributed by atoms with E-state index in [-0.39, 0.29) is 12.3 Å². The summed E-state index contributed by atoms with van der Waals surface area (Å²) in [6.07, 6.45) is 0. The lowest BCUT2D eigenvalue weighted by molar-refractivity contribution is -0.120. The lowest BCUT2D eigenvalue weighted by Gasteiger charge is -2.08. The van der Waals surface area contributed by atoms with Gasteiger partial charge in [-0.3, -0.25) is 9.59 Å². The van der Waals surface area contributed by atoms with Gasteiger partial charge in [-0.2, -0.15) is 0 Å². The molecule has 2 amide bonds. The van der Waals surface area contributed by atoms with Gasteiger partial charge >= 0.3 is 0 Å². The number of nitrogens with one attached hydrogen (secondary N) is 1. The highest BCUT2D eigenvalue weighted by Gasteiger charge is 2.15. The van der Waals surface area contributed by atoms with Crippen LogP contribution in [0.1, 0.15) is 17.3 Å². The molecule has 98 valence electrons. The molecule has 0 unspecified atom stereocenters. The second-order valence-corrected chi connectivity index (χ2v) is 3.36. The van der Waals surface area contributed by atoms with Crippen molar-refractivity contribution in [3.63, 3.8) is 0 Å². The lowest BCUT2D eigenvalue weighted by Crippen LogP contribution is -2.20. The molecule has 0 bridgehead atoms. The molecule has 0 aliphatic rings. The molecule has 0 atom stereocenters. The van der Waals surface area contributed by atoms with Crippen molar-refractivity contribution in [2.45, 2.75) is 6.92 Å². The van der Waals surface area contributed by atoms with Gasteiger partial charge in [0.1, 0.15) is 18.2 Å². The molecule has 0 saturated heterocycles. The van der Waals surface area contributed by atoms with Crippen molar-refractivity contribution in [1.29, 1.82) is 0 Å². The molecule has 3 N–H and O–H groups in total. The van der Waals surface area contributed by atoms with Crippen LogP contribution in [-0.2, 0) is 9.53 Å². The Labute approximate surface area is 102 Å². The highest BCUT2D eigenvalue weighted by molar-refractivity contribution is 5.96. The van der Waals surface area contributed by atoms with Crippen molar-refractivity contribution >= 4 is 17.5 Å². The van der Waals surface area contributed by atoms with E-state index in [4.69, 9.17) is 10.5 Å². The molecule has 0 heterocycles. The maximum atomic E-state index is 13.3. The third-order valence-electron chi connectivity index (χ3n) is 2.03. The van der Waals surface area contributed by atoms with E-state index in [0.717, 1.165) is 6.07 Å². The first-order chi connectivity index (χ1) is 8.45. The standard InChI is InChI=1S/C11H12F2N2O3/c1-2-18-5-10(16)15-9-3-6(11(14)17)7(12)4-8(9)13/h3-4H,2,5H2,1H3,(H2,14,17)(H,15,16). The zero-order chi connectivity index (χ0) is 13.7. The van der Waals surface area contributed by atoms with Crippen LogP contribution >= 0.6 is 0 Å². The lowest BCUT2D eigenvalue weighted by atomic mass is 10.1. The number of hydrogen-bond donors (Lipinski definition) is 2. The Morgan fingerprint density at radius 1 is 1.33 bits per heavy atom. The number of benzene rings is 1. The van der Waals surface area contributed by atoms with Gasteiger partial charge < -0.3 is 15.8 Å². The second-order valence-electron chi connectivity index (χ2n) is 3.36. The highest BCUT2D eigenvalue weighted by atomic mass is 19.1. The molecular formula is C11H12F2N2O3. The summed E-state index contributed by atoms with van der Waals surface area (Å²) in [6, 6.07) is 1.33. The molecule has 0 spiro atoms. The van der Waals surface area contributed by atoms with E-state index in [1.165, 1.54) is 0 Å². The highest BCUT2D eigenvalue weighted by Crippen LogP contribution is 2.19. The van der Waals surface area contributed by atoms with Crippen LogP contribution in [0.15, 0.2) is 12.1 Å². The third-order valence-corrected chi connectivity index (χ3v) is 2.03. The van der Waals surface area contributed by atoms with E-state index in [2.05, 4.69) is 5.32 Å². The van der Waals surface area contributed by atoms with Crippen molar-refractivity contribution in [2.24, 2.45) is 5.73 Å². The Morgan fingerprint density at radius 3 is 2.56 bits per heavy atom. The Hall–Kier alpha value is -2.02. The predicted molar refractivity (Wildman–Crippen MR) is 60.0 cm³/mol. The number of halogens is 2. The van der Waals surface area contributed by atoms with Crippen LogP contribution < -0.4 is 11.1 Å². The van der Waals surface area contributed by atoms with Gasteiger partial charge in [0.05, 0.1) is 11.3 Å². The van der Waals surface area contributed by atoms with E-state index >= 15 is 0 Å². The Kier molecular flexibility index (Phi) is 4.73. The zero-order valence-corrected chi connectivity index (χ0v) is 9.63. The van der Waals surface area contributed by atoms with Crippen molar-refractivity contribution in [3.05, 3.63) is 29.3 Å². The number of nitrogens with two attached hydrogens (primary N) is 1. The van der Waals surface area contributed by atoms with E-state index in [0.29, 0.717) is 12.7 Å². The number of ether oxygens (including phenoxy) is 1. The van der Waals surface area contributed by atoms with Crippen LogP contribution in [0.5, 0.6) is 0 Å². The topological polar surface area (TPSA) is 81.4 Å². The Morgan fingerprint density at radius 2 is 2.00 bits per heavy atom. The van der Waals surface area contributed by atoms with E-state index < -0.39 is 29.0 Å². The number of anilines is 1. The monoisotopic (exact) mass is 258 g/mol. The molecule has 0 aliphatic heterocycles. The van der Waals surface area contributed by atoms with Gasteiger partial charge in [-0.05, 0) is 13.0 Å². The molecule has 18 heavy (non-hydrogen) atoms. The number of hydrogen-bond acceptors (Lipinski definition) is 3. The number of carbonyl (C=O) groups is 2. The molecule has 0 aromatic heterocycles. The van der Waals surface area contributed by atoms with Gasteiger partial charge in [0, 0.05) is 12.7 Å². The smallest absolute Gasteiger partial charge is 0.251 e. The number of primary amides is 1. The summed E-state index contributed by atoms with van der Waals surface area (Å²) in [4.78, 5) is 22.1. The van der Waals surface area contributed by atoms with E-state index in [1.807, 2.05) is 0 Å². The predicted octanol–water partition coefficient (Wildman–Crippen LogP) is 1.04. The second kappa shape index (κ2) is 6.06. The number of rotatable bonds is 5. The minimum atomic E-state index is -1.08. The van der Waals surface area contributed by atoms with Gasteiger partial charge in [0.25, 0.3) is 5.91 Å². The molecule has 0 radical (unpaired) electrons. The molecule has 7 heteroatoms. The zero-order valence-electron chi connectivity index (χ0n) is 9.63. The maximum absolute atomic E-state index is 13.3. The Bertz CT molecular complexity index is 478. The summed E-state index contributed by atoms with van der Waals surface area (Å²) in [5, 5.41) is 2.15. The van der Waals surface area contributed by atoms with Crippen molar-refractivity contribution < 1.29 is 23.1 Å². The summed E-state index contributed by atoms with van der Waals surface area (Å²) in [5.74, 6) is -3.74. The summed E-state index contributed by atoms with van der Waals surface area (Å²) < 4.78 is 31.3. The normalized spacial score (nSPS) is 10.2. The van der Waals surface area contributed by atoms with Crippen molar-refractivity contribution in [1.82, 2.24) is 0 Å². The van der Waals surface area contributed by atoms with E-state index in [1.54, 1.807) is 6.92 Å². The van der Waals surface area contributed by atoms with E-state index in [9.17, 15) is 18.4 Å². The summed E-state index contributed by atoms with van der Waals surface area (Å²) >= 11 is 0. The van der Waals surface area contributed by atoms with Gasteiger partial charge in [0.2, 0.25) is 5.91 Å². The van der Waals surface area contributed by atoms with Gasteiger partial charge in [-0.25, -0.2) is 8.78 Å². The number of amides is 2. The minimum Gasteiger partial charge on any atom is -0.372 e. The molecular weight excluding hydrogens is 246 g/mol. The van der Waals surface area contributed by atoms with Crippen LogP contribution in [0.25, 0.3) is 0 Å². The van der Waals surface area contributed by atoms with Crippen LogP contribution in [-0.4, -0.2) is 25.0 Å². The van der Waals surface area contributed by atoms with Crippen LogP contribution in [0.4, 0.5) is 14.5 Å². The molecule has 0 saturated carbocycles. The first-order valence-corrected chi connectivity index (χ1v) is 5.12. The summed E-state index contributed by atoms with van der Waals surface area (Å²) in [5.41, 5.74) is 4.08. The van der Waals surface area contributed by atoms with Crippen LogP contribution in [0.3, 0.4) is 0 Å². The average Bonchev–Trinajstić information content (AvgIpc) is 2.29. The van der Waals surface area contributed by atoms with Gasteiger partial charge in [0.15, 0.2) is 0 Å². The van der Waals surface area contributed by atoms with Crippen LogP contribution in [0, 0.1) is 11.6 Å². The first kappa shape index (κ1) is 14.0. The third kappa shape index (κ3) is 3.49. The fraction of sp³-hybridized carbons (Fsp3) is 0.273. The van der Waals surface area contributed by atoms with Gasteiger partial charge in [-0.1, -0.05) is 0 Å². The van der Waals surface area contributed by atoms with Crippen molar-refractivity contribution in [2.75, 3.05) is 18.5 Å². The van der Waals surface area contributed by atoms with Crippen molar-refractivity contribution in [3.8, 4) is 0 Å². The average molecular weight is 258 g/mol. The maximum Gasteiger partial charge on any atom is 0.251 e. The largest absolute Gasteiger partial charge is 0.372 e. The number of carbonyl (C=O) groups excluding carboxylic acids is 2. The molecule has 1 rings (SSSR count). The molecule has 0 fully saturated rings. The van der Waals surface area contributed by atoms with Gasteiger partial charge in [-0.15, -0.1) is 0 Å². The SMILES string of the molecule is CCOCC(=O)Nc1cc(C(N)=O)c(F)cc1F. The summed E-state index contributed by atoms with van der Waals surface area (Å²) in [7, 11) is 0. The molecule has 1 aromatic carbocycles. The Balaban J connectivity index is 2.92. The molecule has 1 aromatic rings. The quantitative estimate of drug-likeness (QED) is 0.827.